The predicted molar refractivity (Wildman–Crippen MR) is 49.1 cm³/mol. The molecule has 1 rings (SSSR count). The molecule has 0 saturated heterocycles. The van der Waals surface area contributed by atoms with E-state index in [0.717, 1.165) is 0 Å². The summed E-state index contributed by atoms with van der Waals surface area (Å²) in [4.78, 5) is 0. The van der Waals surface area contributed by atoms with E-state index in [1.54, 1.807) is 6.07 Å². The molecule has 12 heavy (non-hydrogen) atoms. The van der Waals surface area contributed by atoms with Gasteiger partial charge in [-0.15, -0.1) is 0 Å². The summed E-state index contributed by atoms with van der Waals surface area (Å²) in [5, 5.41) is -0.0616. The second-order valence-electron chi connectivity index (χ2n) is 2.35. The van der Waals surface area contributed by atoms with E-state index in [1.807, 2.05) is 0 Å². The number of halogens is 4. The summed E-state index contributed by atoms with van der Waals surface area (Å²) in [5.41, 5.74) is -0.0631. The molecule has 0 bridgehead atoms. The second-order valence-corrected chi connectivity index (χ2v) is 3.35. The molecule has 0 N–H and O–H groups in total. The normalized spacial score (nSPS) is 11.7. The first-order valence-electron chi connectivity index (χ1n) is 3.26. The topological polar surface area (TPSA) is 0 Å². The van der Waals surface area contributed by atoms with Crippen LogP contribution in [-0.2, 0) is 5.92 Å². The highest BCUT2D eigenvalue weighted by molar-refractivity contribution is 9.09. The SMILES string of the molecule is FC(F)(CBr)c1cccc(Cl)c1. The van der Waals surface area contributed by atoms with Crippen molar-refractivity contribution < 1.29 is 8.78 Å². The highest BCUT2D eigenvalue weighted by Gasteiger charge is 2.29. The van der Waals surface area contributed by atoms with Gasteiger partial charge < -0.3 is 0 Å². The van der Waals surface area contributed by atoms with Gasteiger partial charge in [-0.3, -0.25) is 0 Å². The number of hydrogen-bond donors (Lipinski definition) is 0. The zero-order valence-electron chi connectivity index (χ0n) is 6.03. The van der Waals surface area contributed by atoms with Crippen LogP contribution in [0.3, 0.4) is 0 Å². The third kappa shape index (κ3) is 2.17. The van der Waals surface area contributed by atoms with Gasteiger partial charge in [-0.25, -0.2) is 8.78 Å². The molecule has 0 saturated carbocycles. The van der Waals surface area contributed by atoms with Crippen molar-refractivity contribution in [3.63, 3.8) is 0 Å². The van der Waals surface area contributed by atoms with Crippen molar-refractivity contribution in [3.8, 4) is 0 Å². The average molecular weight is 255 g/mol. The fourth-order valence-corrected chi connectivity index (χ4v) is 1.31. The molecule has 1 aromatic rings. The lowest BCUT2D eigenvalue weighted by Crippen LogP contribution is -2.14. The van der Waals surface area contributed by atoms with Crippen LogP contribution in [0.4, 0.5) is 8.78 Å². The molecule has 0 aliphatic heterocycles. The van der Waals surface area contributed by atoms with Crippen LogP contribution < -0.4 is 0 Å². The minimum atomic E-state index is -2.84. The average Bonchev–Trinajstić information content (AvgIpc) is 2.05. The van der Waals surface area contributed by atoms with E-state index in [4.69, 9.17) is 11.6 Å². The maximum absolute atomic E-state index is 13.0. The molecule has 66 valence electrons. The van der Waals surface area contributed by atoms with Crippen molar-refractivity contribution in [2.75, 3.05) is 5.33 Å². The van der Waals surface area contributed by atoms with Crippen LogP contribution in [0.5, 0.6) is 0 Å². The standard InChI is InChI=1S/C8H6BrClF2/c9-5-8(11,12)6-2-1-3-7(10)4-6/h1-4H,5H2. The summed E-state index contributed by atoms with van der Waals surface area (Å²) in [6.07, 6.45) is 0. The first-order chi connectivity index (χ1) is 5.56. The highest BCUT2D eigenvalue weighted by atomic mass is 79.9. The van der Waals surface area contributed by atoms with Crippen molar-refractivity contribution in [2.24, 2.45) is 0 Å². The zero-order valence-corrected chi connectivity index (χ0v) is 8.37. The van der Waals surface area contributed by atoms with Crippen LogP contribution in [0.15, 0.2) is 24.3 Å². The summed E-state index contributed by atoms with van der Waals surface area (Å²) in [5.74, 6) is -2.84. The second kappa shape index (κ2) is 3.71. The van der Waals surface area contributed by atoms with Crippen LogP contribution in [0.25, 0.3) is 0 Å². The Morgan fingerprint density at radius 1 is 1.42 bits per heavy atom. The molecular weight excluding hydrogens is 249 g/mol. The Bertz CT molecular complexity index is 276. The lowest BCUT2D eigenvalue weighted by Gasteiger charge is -2.12. The van der Waals surface area contributed by atoms with Gasteiger partial charge in [0, 0.05) is 10.6 Å². The number of alkyl halides is 3. The van der Waals surface area contributed by atoms with Crippen molar-refractivity contribution in [3.05, 3.63) is 34.9 Å². The maximum atomic E-state index is 13.0. The van der Waals surface area contributed by atoms with Gasteiger partial charge in [0.1, 0.15) is 0 Å². The molecule has 0 aliphatic rings. The summed E-state index contributed by atoms with van der Waals surface area (Å²) in [6, 6.07) is 5.69. The van der Waals surface area contributed by atoms with E-state index in [1.165, 1.54) is 18.2 Å². The Balaban J connectivity index is 3.03. The van der Waals surface area contributed by atoms with E-state index in [2.05, 4.69) is 15.9 Å². The fraction of sp³-hybridized carbons (Fsp3) is 0.250. The van der Waals surface area contributed by atoms with E-state index >= 15 is 0 Å². The molecule has 0 radical (unpaired) electrons. The number of hydrogen-bond acceptors (Lipinski definition) is 0. The van der Waals surface area contributed by atoms with Crippen molar-refractivity contribution in [1.29, 1.82) is 0 Å². The maximum Gasteiger partial charge on any atom is 0.282 e. The van der Waals surface area contributed by atoms with Gasteiger partial charge in [0.05, 0.1) is 5.33 Å². The molecule has 0 unspecified atom stereocenters. The molecule has 0 atom stereocenters. The summed E-state index contributed by atoms with van der Waals surface area (Å²) >= 11 is 8.30. The van der Waals surface area contributed by atoms with Crippen LogP contribution in [0, 0.1) is 0 Å². The Labute approximate surface area is 82.7 Å². The first kappa shape index (κ1) is 9.93. The lowest BCUT2D eigenvalue weighted by molar-refractivity contribution is 0.0245. The van der Waals surface area contributed by atoms with Crippen molar-refractivity contribution in [1.82, 2.24) is 0 Å². The zero-order chi connectivity index (χ0) is 9.19. The lowest BCUT2D eigenvalue weighted by atomic mass is 10.1. The van der Waals surface area contributed by atoms with Gasteiger partial charge in [-0.05, 0) is 12.1 Å². The van der Waals surface area contributed by atoms with Crippen LogP contribution >= 0.6 is 27.5 Å². The molecule has 0 aromatic heterocycles. The Kier molecular flexibility index (Phi) is 3.07. The molecule has 0 amide bonds. The molecule has 0 nitrogen and oxygen atoms in total. The van der Waals surface area contributed by atoms with Crippen LogP contribution in [-0.4, -0.2) is 5.33 Å². The summed E-state index contributed by atoms with van der Waals surface area (Å²) in [7, 11) is 0. The van der Waals surface area contributed by atoms with Gasteiger partial charge in [0.25, 0.3) is 5.92 Å². The Morgan fingerprint density at radius 3 is 2.58 bits per heavy atom. The van der Waals surface area contributed by atoms with Gasteiger partial charge in [0.2, 0.25) is 0 Å². The largest absolute Gasteiger partial charge is 0.282 e. The van der Waals surface area contributed by atoms with E-state index in [0.29, 0.717) is 5.02 Å². The smallest absolute Gasteiger partial charge is 0.200 e. The third-order valence-corrected chi connectivity index (χ3v) is 2.35. The molecular formula is C8H6BrClF2. The van der Waals surface area contributed by atoms with E-state index in [-0.39, 0.29) is 10.9 Å². The van der Waals surface area contributed by atoms with Gasteiger partial charge in [-0.2, -0.15) is 0 Å². The Morgan fingerprint density at radius 2 is 2.08 bits per heavy atom. The van der Waals surface area contributed by atoms with Gasteiger partial charge >= 0.3 is 0 Å². The predicted octanol–water partition coefficient (Wildman–Crippen LogP) is 3.83. The van der Waals surface area contributed by atoms with E-state index < -0.39 is 5.92 Å². The minimum absolute atomic E-state index is 0.0631. The fourth-order valence-electron chi connectivity index (χ4n) is 0.793. The van der Waals surface area contributed by atoms with Crippen LogP contribution in [0.1, 0.15) is 5.56 Å². The highest BCUT2D eigenvalue weighted by Crippen LogP contribution is 2.30. The summed E-state index contributed by atoms with van der Waals surface area (Å²) in [6.45, 7) is 0. The number of rotatable bonds is 2. The van der Waals surface area contributed by atoms with Crippen molar-refractivity contribution >= 4 is 27.5 Å². The van der Waals surface area contributed by atoms with E-state index in [9.17, 15) is 8.78 Å². The molecule has 0 spiro atoms. The van der Waals surface area contributed by atoms with Gasteiger partial charge in [-0.1, -0.05) is 39.7 Å². The summed E-state index contributed by atoms with van der Waals surface area (Å²) < 4.78 is 25.9. The molecule has 0 fully saturated rings. The number of benzene rings is 1. The van der Waals surface area contributed by atoms with Crippen LogP contribution in [0.2, 0.25) is 5.02 Å². The van der Waals surface area contributed by atoms with Crippen molar-refractivity contribution in [2.45, 2.75) is 5.92 Å². The minimum Gasteiger partial charge on any atom is -0.200 e. The molecule has 0 aliphatic carbocycles. The Hall–Kier alpha value is -0.150. The first-order valence-corrected chi connectivity index (χ1v) is 4.76. The monoisotopic (exact) mass is 254 g/mol. The van der Waals surface area contributed by atoms with Gasteiger partial charge in [0.15, 0.2) is 0 Å². The molecule has 4 heteroatoms. The third-order valence-electron chi connectivity index (χ3n) is 1.41. The molecule has 0 heterocycles. The molecule has 1 aromatic carbocycles. The quantitative estimate of drug-likeness (QED) is 0.705.